The number of aromatic nitrogens is 4. The summed E-state index contributed by atoms with van der Waals surface area (Å²) in [5.41, 5.74) is 0.678. The molecule has 2 aromatic rings. The first-order valence-electron chi connectivity index (χ1n) is 6.02. The van der Waals surface area contributed by atoms with Crippen molar-refractivity contribution in [3.8, 4) is 0 Å². The molecule has 0 bridgehead atoms. The lowest BCUT2D eigenvalue weighted by Gasteiger charge is -2.03. The van der Waals surface area contributed by atoms with Crippen LogP contribution in [0.5, 0.6) is 0 Å². The van der Waals surface area contributed by atoms with Gasteiger partial charge in [-0.15, -0.1) is 0 Å². The Labute approximate surface area is 123 Å². The largest absolute Gasteiger partial charge is 0.404 e. The van der Waals surface area contributed by atoms with Gasteiger partial charge < -0.3 is 15.4 Å². The molecule has 0 saturated carbocycles. The maximum atomic E-state index is 10.7. The number of hydrogen-bond acceptors (Lipinski definition) is 6. The molecule has 0 aliphatic heterocycles. The molecule has 1 N–H and O–H groups in total. The molecule has 0 unspecified atom stereocenters. The second-order valence-corrected chi connectivity index (χ2v) is 4.93. The zero-order valence-corrected chi connectivity index (χ0v) is 12.4. The Bertz CT molecular complexity index is 597. The molecule has 20 heavy (non-hydrogen) atoms. The highest BCUT2D eigenvalue weighted by Gasteiger charge is 2.18. The van der Waals surface area contributed by atoms with Crippen molar-refractivity contribution in [2.24, 2.45) is 0 Å². The highest BCUT2D eigenvalue weighted by atomic mass is 79.9. The number of nitrogens with zero attached hydrogens (tertiary/aromatic N) is 5. The van der Waals surface area contributed by atoms with Crippen LogP contribution in [0.3, 0.4) is 0 Å². The van der Waals surface area contributed by atoms with E-state index in [-0.39, 0.29) is 5.82 Å². The Morgan fingerprint density at radius 1 is 1.45 bits per heavy atom. The normalized spacial score (nSPS) is 10.5. The zero-order valence-electron chi connectivity index (χ0n) is 10.8. The lowest BCUT2D eigenvalue weighted by molar-refractivity contribution is -0.390. The first-order valence-corrected chi connectivity index (χ1v) is 6.81. The van der Waals surface area contributed by atoms with Gasteiger partial charge in [0.05, 0.1) is 29.4 Å². The topological polar surface area (TPSA) is 98.8 Å². The van der Waals surface area contributed by atoms with Crippen molar-refractivity contribution in [1.29, 1.82) is 0 Å². The number of nitro groups is 1. The number of halogens is 1. The molecule has 0 fully saturated rings. The second kappa shape index (κ2) is 6.42. The highest BCUT2D eigenvalue weighted by Crippen LogP contribution is 2.22. The third-order valence-corrected chi connectivity index (χ3v) is 3.02. The number of hydrogen-bond donors (Lipinski definition) is 1. The van der Waals surface area contributed by atoms with Crippen LogP contribution in [0.15, 0.2) is 23.1 Å². The maximum Gasteiger partial charge on any atom is 0.404 e. The number of anilines is 1. The summed E-state index contributed by atoms with van der Waals surface area (Å²) in [5, 5.41) is 17.7. The highest BCUT2D eigenvalue weighted by molar-refractivity contribution is 9.10. The van der Waals surface area contributed by atoms with Gasteiger partial charge in [-0.05, 0) is 27.3 Å². The molecule has 0 radical (unpaired) electrons. The van der Waals surface area contributed by atoms with Gasteiger partial charge in [-0.2, -0.15) is 4.68 Å². The van der Waals surface area contributed by atoms with Crippen molar-refractivity contribution in [2.45, 2.75) is 19.9 Å². The van der Waals surface area contributed by atoms with Gasteiger partial charge in [0.25, 0.3) is 0 Å². The van der Waals surface area contributed by atoms with E-state index in [4.69, 9.17) is 0 Å². The molecule has 0 atom stereocenters. The van der Waals surface area contributed by atoms with E-state index in [0.29, 0.717) is 22.5 Å². The van der Waals surface area contributed by atoms with E-state index >= 15 is 0 Å². The predicted octanol–water partition coefficient (Wildman–Crippen LogP) is 2.21. The van der Waals surface area contributed by atoms with Gasteiger partial charge >= 0.3 is 5.82 Å². The van der Waals surface area contributed by atoms with E-state index in [0.717, 1.165) is 13.0 Å². The van der Waals surface area contributed by atoms with E-state index in [1.165, 1.54) is 4.68 Å². The van der Waals surface area contributed by atoms with Crippen molar-refractivity contribution in [3.63, 3.8) is 0 Å². The van der Waals surface area contributed by atoms with Crippen LogP contribution in [0, 0.1) is 10.1 Å². The van der Waals surface area contributed by atoms with Gasteiger partial charge in [0.1, 0.15) is 16.8 Å². The smallest absolute Gasteiger partial charge is 0.369 e. The van der Waals surface area contributed by atoms with E-state index in [9.17, 15) is 10.1 Å². The van der Waals surface area contributed by atoms with E-state index < -0.39 is 4.92 Å². The zero-order chi connectivity index (χ0) is 14.5. The van der Waals surface area contributed by atoms with Crippen LogP contribution in [0.25, 0.3) is 0 Å². The summed E-state index contributed by atoms with van der Waals surface area (Å²) in [7, 11) is 0. The van der Waals surface area contributed by atoms with Crippen molar-refractivity contribution in [3.05, 3.63) is 38.9 Å². The molecule has 0 aromatic carbocycles. The molecular weight excluding hydrogens is 328 g/mol. The van der Waals surface area contributed by atoms with Crippen LogP contribution in [0.1, 0.15) is 19.0 Å². The van der Waals surface area contributed by atoms with Gasteiger partial charge in [0, 0.05) is 6.54 Å². The Kier molecular flexibility index (Phi) is 4.61. The fraction of sp³-hybridized carbons (Fsp3) is 0.364. The van der Waals surface area contributed by atoms with Crippen LogP contribution in [0.2, 0.25) is 0 Å². The molecule has 2 aromatic heterocycles. The first kappa shape index (κ1) is 14.4. The van der Waals surface area contributed by atoms with E-state index in [2.05, 4.69) is 43.2 Å². The second-order valence-electron chi connectivity index (χ2n) is 4.08. The van der Waals surface area contributed by atoms with Crippen LogP contribution >= 0.6 is 15.9 Å². The number of nitrogens with one attached hydrogen (secondary N) is 1. The minimum atomic E-state index is -0.538. The van der Waals surface area contributed by atoms with Crippen molar-refractivity contribution in [1.82, 2.24) is 19.7 Å². The van der Waals surface area contributed by atoms with Gasteiger partial charge in [-0.3, -0.25) is 4.98 Å². The van der Waals surface area contributed by atoms with Crippen LogP contribution in [0.4, 0.5) is 11.6 Å². The third-order valence-electron chi connectivity index (χ3n) is 2.46. The number of rotatable bonds is 6. The Balaban J connectivity index is 2.06. The summed E-state index contributed by atoms with van der Waals surface area (Å²) >= 11 is 3.10. The monoisotopic (exact) mass is 340 g/mol. The van der Waals surface area contributed by atoms with Crippen molar-refractivity contribution < 1.29 is 4.92 Å². The first-order chi connectivity index (χ1) is 9.60. The molecule has 0 amide bonds. The Hall–Kier alpha value is -2.03. The Morgan fingerprint density at radius 2 is 2.25 bits per heavy atom. The van der Waals surface area contributed by atoms with E-state index in [1.54, 1.807) is 18.6 Å². The average Bonchev–Trinajstić information content (AvgIpc) is 2.79. The summed E-state index contributed by atoms with van der Waals surface area (Å²) in [5.74, 6) is 0.502. The molecular formula is C11H13BrN6O2. The summed E-state index contributed by atoms with van der Waals surface area (Å²) in [4.78, 5) is 18.6. The average molecular weight is 341 g/mol. The molecule has 0 saturated heterocycles. The van der Waals surface area contributed by atoms with Crippen molar-refractivity contribution in [2.75, 3.05) is 11.9 Å². The summed E-state index contributed by atoms with van der Waals surface area (Å²) in [6.45, 7) is 3.23. The van der Waals surface area contributed by atoms with Gasteiger partial charge in [-0.25, -0.2) is 4.98 Å². The summed E-state index contributed by atoms with van der Waals surface area (Å²) in [6, 6.07) is 0. The molecule has 0 spiro atoms. The lowest BCUT2D eigenvalue weighted by atomic mass is 10.4. The summed E-state index contributed by atoms with van der Waals surface area (Å²) < 4.78 is 1.79. The lowest BCUT2D eigenvalue weighted by Crippen LogP contribution is -2.06. The predicted molar refractivity (Wildman–Crippen MR) is 76.5 cm³/mol. The van der Waals surface area contributed by atoms with Crippen molar-refractivity contribution >= 4 is 27.6 Å². The minimum Gasteiger partial charge on any atom is -0.369 e. The molecule has 2 heterocycles. The standard InChI is InChI=1S/C11H13BrN6O2/c1-2-3-13-10-5-14-8(4-15-10)6-17-7-9(12)11(16-17)18(19)20/h4-5,7H,2-3,6H2,1H3,(H,13,15). The van der Waals surface area contributed by atoms with Gasteiger partial charge in [0.15, 0.2) is 0 Å². The fourth-order valence-electron chi connectivity index (χ4n) is 1.54. The van der Waals surface area contributed by atoms with Crippen LogP contribution in [-0.2, 0) is 6.54 Å². The Morgan fingerprint density at radius 3 is 2.80 bits per heavy atom. The minimum absolute atomic E-state index is 0.209. The molecule has 106 valence electrons. The molecule has 8 nitrogen and oxygen atoms in total. The van der Waals surface area contributed by atoms with Gasteiger partial charge in [-0.1, -0.05) is 6.92 Å². The molecule has 0 aliphatic carbocycles. The third kappa shape index (κ3) is 3.50. The molecule has 2 rings (SSSR count). The SMILES string of the molecule is CCCNc1cnc(Cn2cc(Br)c([N+](=O)[O-])n2)cn1. The van der Waals surface area contributed by atoms with Crippen LogP contribution < -0.4 is 5.32 Å². The van der Waals surface area contributed by atoms with E-state index in [1.807, 2.05) is 0 Å². The quantitative estimate of drug-likeness (QED) is 0.639. The van der Waals surface area contributed by atoms with Gasteiger partial charge in [0.2, 0.25) is 0 Å². The summed E-state index contributed by atoms with van der Waals surface area (Å²) in [6.07, 6.45) is 5.81. The van der Waals surface area contributed by atoms with Crippen LogP contribution in [-0.4, -0.2) is 31.2 Å². The fourth-order valence-corrected chi connectivity index (χ4v) is 2.00. The molecule has 9 heteroatoms. The molecule has 0 aliphatic rings. The maximum absolute atomic E-state index is 10.7.